The minimum absolute atomic E-state index is 0.818. The fraction of sp³-hybridized carbons (Fsp3) is 0.625. The Morgan fingerprint density at radius 3 is 2.06 bits per heavy atom. The minimum Gasteiger partial charge on any atom is -0.297 e. The molecule has 3 saturated heterocycles. The number of hydrogen-bond donors (Lipinski definition) is 0. The SMILES string of the molecule is CN1C2CCC1C1CCC2N1Cc1ccccc1. The average molecular weight is 242 g/mol. The van der Waals surface area contributed by atoms with Crippen molar-refractivity contribution in [1.82, 2.24) is 9.80 Å². The fourth-order valence-electron chi connectivity index (χ4n) is 4.70. The van der Waals surface area contributed by atoms with Crippen LogP contribution in [-0.4, -0.2) is 41.0 Å². The van der Waals surface area contributed by atoms with E-state index in [0.717, 1.165) is 30.7 Å². The molecule has 3 heterocycles. The van der Waals surface area contributed by atoms with Gasteiger partial charge in [-0.05, 0) is 38.3 Å². The highest BCUT2D eigenvalue weighted by Gasteiger charge is 2.53. The van der Waals surface area contributed by atoms with Crippen LogP contribution in [0.5, 0.6) is 0 Å². The number of rotatable bonds is 2. The van der Waals surface area contributed by atoms with E-state index >= 15 is 0 Å². The highest BCUT2D eigenvalue weighted by atomic mass is 15.4. The molecule has 0 N–H and O–H groups in total. The molecule has 0 spiro atoms. The zero-order valence-corrected chi connectivity index (χ0v) is 11.1. The maximum absolute atomic E-state index is 2.82. The van der Waals surface area contributed by atoms with Gasteiger partial charge in [0.05, 0.1) is 0 Å². The molecule has 0 aliphatic carbocycles. The van der Waals surface area contributed by atoms with Gasteiger partial charge in [0.15, 0.2) is 0 Å². The largest absolute Gasteiger partial charge is 0.297 e. The molecular formula is C16H22N2. The lowest BCUT2D eigenvalue weighted by atomic mass is 10.0. The molecular weight excluding hydrogens is 220 g/mol. The Morgan fingerprint density at radius 2 is 1.44 bits per heavy atom. The van der Waals surface area contributed by atoms with E-state index in [1.165, 1.54) is 31.2 Å². The van der Waals surface area contributed by atoms with E-state index in [1.807, 2.05) is 0 Å². The Hall–Kier alpha value is -0.860. The summed E-state index contributed by atoms with van der Waals surface area (Å²) < 4.78 is 0. The maximum atomic E-state index is 2.82. The molecule has 4 unspecified atom stereocenters. The van der Waals surface area contributed by atoms with Gasteiger partial charge in [-0.25, -0.2) is 0 Å². The van der Waals surface area contributed by atoms with Gasteiger partial charge in [0.25, 0.3) is 0 Å². The summed E-state index contributed by atoms with van der Waals surface area (Å²) in [6, 6.07) is 14.3. The molecule has 0 amide bonds. The second kappa shape index (κ2) is 4.07. The summed E-state index contributed by atoms with van der Waals surface area (Å²) in [5.74, 6) is 0. The minimum atomic E-state index is 0.818. The lowest BCUT2D eigenvalue weighted by molar-refractivity contribution is 0.0190. The van der Waals surface area contributed by atoms with Crippen molar-refractivity contribution in [3.63, 3.8) is 0 Å². The first-order valence-electron chi connectivity index (χ1n) is 7.36. The number of fused-ring (bicyclic) bond motifs is 6. The van der Waals surface area contributed by atoms with Crippen LogP contribution in [0.2, 0.25) is 0 Å². The van der Waals surface area contributed by atoms with E-state index in [0.29, 0.717) is 0 Å². The van der Waals surface area contributed by atoms with Gasteiger partial charge in [0.1, 0.15) is 0 Å². The fourth-order valence-corrected chi connectivity index (χ4v) is 4.70. The third-order valence-corrected chi connectivity index (χ3v) is 5.51. The molecule has 96 valence electrons. The summed E-state index contributed by atoms with van der Waals surface area (Å²) in [5.41, 5.74) is 1.48. The van der Waals surface area contributed by atoms with Gasteiger partial charge in [-0.3, -0.25) is 9.80 Å². The van der Waals surface area contributed by atoms with Crippen molar-refractivity contribution in [3.8, 4) is 0 Å². The Bertz CT molecular complexity index is 410. The summed E-state index contributed by atoms with van der Waals surface area (Å²) in [7, 11) is 2.35. The average Bonchev–Trinajstić information content (AvgIpc) is 2.83. The van der Waals surface area contributed by atoms with Crippen LogP contribution in [-0.2, 0) is 6.54 Å². The van der Waals surface area contributed by atoms with Crippen LogP contribution in [0.1, 0.15) is 31.2 Å². The number of piperazine rings is 1. The van der Waals surface area contributed by atoms with Crippen molar-refractivity contribution < 1.29 is 0 Å². The van der Waals surface area contributed by atoms with E-state index < -0.39 is 0 Å². The van der Waals surface area contributed by atoms with Gasteiger partial charge in [-0.2, -0.15) is 0 Å². The van der Waals surface area contributed by atoms with Crippen molar-refractivity contribution in [3.05, 3.63) is 35.9 Å². The van der Waals surface area contributed by atoms with Gasteiger partial charge < -0.3 is 0 Å². The summed E-state index contributed by atoms with van der Waals surface area (Å²) >= 11 is 0. The summed E-state index contributed by atoms with van der Waals surface area (Å²) in [5, 5.41) is 0. The summed E-state index contributed by atoms with van der Waals surface area (Å²) in [4.78, 5) is 5.50. The van der Waals surface area contributed by atoms with E-state index in [4.69, 9.17) is 0 Å². The van der Waals surface area contributed by atoms with Crippen LogP contribution in [0.3, 0.4) is 0 Å². The highest BCUT2D eigenvalue weighted by Crippen LogP contribution is 2.45. The molecule has 0 radical (unpaired) electrons. The monoisotopic (exact) mass is 242 g/mol. The third kappa shape index (κ3) is 1.49. The molecule has 3 aliphatic rings. The highest BCUT2D eigenvalue weighted by molar-refractivity contribution is 5.17. The molecule has 0 aromatic heterocycles. The first-order chi connectivity index (χ1) is 8.84. The molecule has 0 saturated carbocycles. The van der Waals surface area contributed by atoms with E-state index in [1.54, 1.807) is 0 Å². The Morgan fingerprint density at radius 1 is 0.889 bits per heavy atom. The molecule has 4 rings (SSSR count). The van der Waals surface area contributed by atoms with Gasteiger partial charge in [-0.1, -0.05) is 30.3 Å². The number of likely N-dealkylation sites (N-methyl/N-ethyl adjacent to an activating group) is 1. The van der Waals surface area contributed by atoms with Gasteiger partial charge >= 0.3 is 0 Å². The normalized spacial score (nSPS) is 39.4. The molecule has 18 heavy (non-hydrogen) atoms. The summed E-state index contributed by atoms with van der Waals surface area (Å²) in [6.07, 6.45) is 5.69. The quantitative estimate of drug-likeness (QED) is 0.786. The van der Waals surface area contributed by atoms with E-state index in [9.17, 15) is 0 Å². The van der Waals surface area contributed by atoms with Gasteiger partial charge in [0.2, 0.25) is 0 Å². The van der Waals surface area contributed by atoms with Crippen LogP contribution < -0.4 is 0 Å². The van der Waals surface area contributed by atoms with Crippen molar-refractivity contribution in [1.29, 1.82) is 0 Å². The molecule has 3 aliphatic heterocycles. The van der Waals surface area contributed by atoms with Crippen LogP contribution in [0.15, 0.2) is 30.3 Å². The van der Waals surface area contributed by atoms with Crippen LogP contribution in [0, 0.1) is 0 Å². The lowest BCUT2D eigenvalue weighted by Gasteiger charge is -2.45. The van der Waals surface area contributed by atoms with Crippen molar-refractivity contribution in [2.45, 2.75) is 56.4 Å². The number of hydrogen-bond acceptors (Lipinski definition) is 2. The van der Waals surface area contributed by atoms with Crippen LogP contribution in [0.25, 0.3) is 0 Å². The Labute approximate surface area is 110 Å². The second-order valence-electron chi connectivity index (χ2n) is 6.25. The molecule has 4 atom stereocenters. The van der Waals surface area contributed by atoms with Crippen molar-refractivity contribution >= 4 is 0 Å². The molecule has 1 aromatic rings. The zero-order valence-electron chi connectivity index (χ0n) is 11.1. The zero-order chi connectivity index (χ0) is 12.1. The number of nitrogens with zero attached hydrogens (tertiary/aromatic N) is 2. The Kier molecular flexibility index (Phi) is 2.49. The topological polar surface area (TPSA) is 6.48 Å². The van der Waals surface area contributed by atoms with Gasteiger partial charge in [-0.15, -0.1) is 0 Å². The van der Waals surface area contributed by atoms with Crippen molar-refractivity contribution in [2.75, 3.05) is 7.05 Å². The first-order valence-corrected chi connectivity index (χ1v) is 7.36. The van der Waals surface area contributed by atoms with Gasteiger partial charge in [0, 0.05) is 30.7 Å². The third-order valence-electron chi connectivity index (χ3n) is 5.51. The van der Waals surface area contributed by atoms with Crippen LogP contribution in [0.4, 0.5) is 0 Å². The summed E-state index contributed by atoms with van der Waals surface area (Å²) in [6.45, 7) is 1.16. The van der Waals surface area contributed by atoms with Crippen molar-refractivity contribution in [2.24, 2.45) is 0 Å². The Balaban J connectivity index is 1.60. The standard InChI is InChI=1S/C16H22N2/c1-17-13-7-8-14(17)16-10-9-15(13)18(16)11-12-5-3-2-4-6-12/h2-6,13-16H,7-11H2,1H3. The predicted octanol–water partition coefficient (Wildman–Crippen LogP) is 2.50. The number of benzene rings is 1. The predicted molar refractivity (Wildman–Crippen MR) is 73.4 cm³/mol. The second-order valence-corrected chi connectivity index (χ2v) is 6.25. The van der Waals surface area contributed by atoms with E-state index in [-0.39, 0.29) is 0 Å². The molecule has 4 bridgehead atoms. The maximum Gasteiger partial charge on any atom is 0.0259 e. The smallest absolute Gasteiger partial charge is 0.0259 e. The first kappa shape index (κ1) is 11.0. The van der Waals surface area contributed by atoms with E-state index in [2.05, 4.69) is 47.2 Å². The molecule has 1 aromatic carbocycles. The molecule has 2 heteroatoms. The molecule has 3 fully saturated rings. The lowest BCUT2D eigenvalue weighted by Crippen LogP contribution is -2.58. The molecule has 2 nitrogen and oxygen atoms in total. The van der Waals surface area contributed by atoms with Crippen LogP contribution >= 0.6 is 0 Å².